The zero-order valence-electron chi connectivity index (χ0n) is 14.5. The van der Waals surface area contributed by atoms with Gasteiger partial charge in [0.15, 0.2) is 12.4 Å². The second-order valence-corrected chi connectivity index (χ2v) is 5.39. The van der Waals surface area contributed by atoms with Gasteiger partial charge in [0.2, 0.25) is 5.88 Å². The Kier molecular flexibility index (Phi) is 5.68. The number of rotatable bonds is 7. The smallest absolute Gasteiger partial charge is 0.291 e. The van der Waals surface area contributed by atoms with Crippen molar-refractivity contribution in [3.8, 4) is 11.6 Å². The molecule has 2 amide bonds. The fourth-order valence-electron chi connectivity index (χ4n) is 2.19. The molecule has 0 spiro atoms. The van der Waals surface area contributed by atoms with Crippen molar-refractivity contribution in [2.75, 3.05) is 24.4 Å². The topological polar surface area (TPSA) is 103 Å². The summed E-state index contributed by atoms with van der Waals surface area (Å²) in [6.07, 6.45) is 2.91. The number of hydrogen-bond donors (Lipinski definition) is 2. The number of carbonyl (C=O) groups excluding carboxylic acids is 2. The van der Waals surface area contributed by atoms with E-state index in [9.17, 15) is 9.59 Å². The first-order chi connectivity index (χ1) is 13.1. The van der Waals surface area contributed by atoms with Crippen molar-refractivity contribution >= 4 is 23.2 Å². The van der Waals surface area contributed by atoms with Gasteiger partial charge in [-0.1, -0.05) is 6.07 Å². The first kappa shape index (κ1) is 18.0. The monoisotopic (exact) mass is 367 g/mol. The molecule has 2 heterocycles. The molecule has 138 valence electrons. The van der Waals surface area contributed by atoms with Crippen molar-refractivity contribution in [1.82, 2.24) is 4.98 Å². The summed E-state index contributed by atoms with van der Waals surface area (Å²) in [7, 11) is 1.51. The Morgan fingerprint density at radius 3 is 2.67 bits per heavy atom. The molecule has 3 rings (SSSR count). The van der Waals surface area contributed by atoms with Gasteiger partial charge in [0.1, 0.15) is 5.75 Å². The van der Waals surface area contributed by atoms with E-state index in [1.165, 1.54) is 19.6 Å². The lowest BCUT2D eigenvalue weighted by Crippen LogP contribution is -2.20. The van der Waals surface area contributed by atoms with E-state index in [0.29, 0.717) is 23.0 Å². The molecule has 0 bridgehead atoms. The second kappa shape index (κ2) is 8.52. The van der Waals surface area contributed by atoms with Crippen LogP contribution in [0, 0.1) is 0 Å². The molecule has 1 aromatic carbocycles. The van der Waals surface area contributed by atoms with E-state index in [2.05, 4.69) is 15.6 Å². The Morgan fingerprint density at radius 1 is 1.07 bits per heavy atom. The van der Waals surface area contributed by atoms with E-state index >= 15 is 0 Å². The summed E-state index contributed by atoms with van der Waals surface area (Å²) in [5, 5.41) is 5.35. The van der Waals surface area contributed by atoms with Gasteiger partial charge in [-0.2, -0.15) is 0 Å². The van der Waals surface area contributed by atoms with Crippen molar-refractivity contribution in [2.24, 2.45) is 0 Å². The zero-order valence-corrected chi connectivity index (χ0v) is 14.5. The first-order valence-corrected chi connectivity index (χ1v) is 8.01. The van der Waals surface area contributed by atoms with Gasteiger partial charge in [-0.25, -0.2) is 4.98 Å². The Balaban J connectivity index is 1.53. The van der Waals surface area contributed by atoms with E-state index in [1.54, 1.807) is 48.5 Å². The van der Waals surface area contributed by atoms with Crippen LogP contribution in [0.5, 0.6) is 11.6 Å². The SMILES string of the molecule is COc1ccc(NC(=O)COc2cccc(NC(=O)c3ccco3)c2)cn1. The molecule has 0 radical (unpaired) electrons. The highest BCUT2D eigenvalue weighted by molar-refractivity contribution is 6.02. The summed E-state index contributed by atoms with van der Waals surface area (Å²) in [5.41, 5.74) is 1.05. The molecule has 0 atom stereocenters. The molecule has 0 aliphatic rings. The number of furan rings is 1. The lowest BCUT2D eigenvalue weighted by atomic mass is 10.3. The number of aromatic nitrogens is 1. The standard InChI is InChI=1S/C19H17N3O5/c1-25-18-8-7-14(11-20-18)21-17(23)12-27-15-5-2-4-13(10-15)22-19(24)16-6-3-9-26-16/h2-11H,12H2,1H3,(H,21,23)(H,22,24). The minimum Gasteiger partial charge on any atom is -0.484 e. The van der Waals surface area contributed by atoms with Crippen LogP contribution in [0.15, 0.2) is 65.4 Å². The molecule has 0 aliphatic carbocycles. The number of anilines is 2. The number of methoxy groups -OCH3 is 1. The second-order valence-electron chi connectivity index (χ2n) is 5.39. The Morgan fingerprint density at radius 2 is 1.96 bits per heavy atom. The molecular formula is C19H17N3O5. The Labute approximate surface area is 155 Å². The number of carbonyl (C=O) groups is 2. The molecule has 0 saturated carbocycles. The van der Waals surface area contributed by atoms with Crippen LogP contribution in [0.2, 0.25) is 0 Å². The summed E-state index contributed by atoms with van der Waals surface area (Å²) in [6, 6.07) is 13.2. The van der Waals surface area contributed by atoms with Crippen LogP contribution in [0.3, 0.4) is 0 Å². The Bertz CT molecular complexity index is 907. The fraction of sp³-hybridized carbons (Fsp3) is 0.105. The minimum absolute atomic E-state index is 0.193. The van der Waals surface area contributed by atoms with Crippen molar-refractivity contribution in [1.29, 1.82) is 0 Å². The predicted octanol–water partition coefficient (Wildman–Crippen LogP) is 2.95. The number of pyridine rings is 1. The van der Waals surface area contributed by atoms with Crippen LogP contribution in [-0.4, -0.2) is 30.5 Å². The molecule has 3 aromatic rings. The molecule has 0 fully saturated rings. The van der Waals surface area contributed by atoms with Crippen LogP contribution in [0.1, 0.15) is 10.6 Å². The highest BCUT2D eigenvalue weighted by Gasteiger charge is 2.10. The third-order valence-electron chi connectivity index (χ3n) is 3.44. The van der Waals surface area contributed by atoms with Gasteiger partial charge < -0.3 is 24.5 Å². The van der Waals surface area contributed by atoms with E-state index in [-0.39, 0.29) is 24.2 Å². The van der Waals surface area contributed by atoms with E-state index < -0.39 is 0 Å². The quantitative estimate of drug-likeness (QED) is 0.666. The van der Waals surface area contributed by atoms with Crippen molar-refractivity contribution in [3.05, 3.63) is 66.8 Å². The fourth-order valence-corrected chi connectivity index (χ4v) is 2.19. The van der Waals surface area contributed by atoms with E-state index in [4.69, 9.17) is 13.9 Å². The van der Waals surface area contributed by atoms with Crippen LogP contribution >= 0.6 is 0 Å². The number of amides is 2. The van der Waals surface area contributed by atoms with Crippen molar-refractivity contribution < 1.29 is 23.5 Å². The zero-order chi connectivity index (χ0) is 19.1. The minimum atomic E-state index is -0.373. The number of benzene rings is 1. The Hall–Kier alpha value is -3.81. The van der Waals surface area contributed by atoms with Crippen LogP contribution in [0.25, 0.3) is 0 Å². The van der Waals surface area contributed by atoms with E-state index in [1.807, 2.05) is 0 Å². The molecule has 0 unspecified atom stereocenters. The number of hydrogen-bond acceptors (Lipinski definition) is 6. The molecule has 8 heteroatoms. The molecule has 2 N–H and O–H groups in total. The maximum absolute atomic E-state index is 12.0. The summed E-state index contributed by atoms with van der Waals surface area (Å²) >= 11 is 0. The van der Waals surface area contributed by atoms with Gasteiger partial charge in [0.25, 0.3) is 11.8 Å². The summed E-state index contributed by atoms with van der Waals surface area (Å²) in [5.74, 6) is 0.385. The van der Waals surface area contributed by atoms with Gasteiger partial charge >= 0.3 is 0 Å². The summed E-state index contributed by atoms with van der Waals surface area (Å²) in [4.78, 5) is 28.0. The average molecular weight is 367 g/mol. The van der Waals surface area contributed by atoms with Crippen molar-refractivity contribution in [3.63, 3.8) is 0 Å². The predicted molar refractivity (Wildman–Crippen MR) is 98.0 cm³/mol. The highest BCUT2D eigenvalue weighted by Crippen LogP contribution is 2.18. The number of nitrogens with zero attached hydrogens (tertiary/aromatic N) is 1. The molecule has 0 aliphatic heterocycles. The lowest BCUT2D eigenvalue weighted by molar-refractivity contribution is -0.118. The third-order valence-corrected chi connectivity index (χ3v) is 3.44. The molecule has 0 saturated heterocycles. The van der Waals surface area contributed by atoms with Gasteiger partial charge in [0.05, 0.1) is 25.3 Å². The maximum atomic E-state index is 12.0. The van der Waals surface area contributed by atoms with Gasteiger partial charge in [-0.05, 0) is 30.3 Å². The van der Waals surface area contributed by atoms with Crippen molar-refractivity contribution in [2.45, 2.75) is 0 Å². The molecule has 2 aromatic heterocycles. The molecule has 27 heavy (non-hydrogen) atoms. The van der Waals surface area contributed by atoms with Gasteiger partial charge in [0, 0.05) is 17.8 Å². The lowest BCUT2D eigenvalue weighted by Gasteiger charge is -2.09. The normalized spacial score (nSPS) is 10.1. The maximum Gasteiger partial charge on any atom is 0.291 e. The number of ether oxygens (including phenoxy) is 2. The number of nitrogens with one attached hydrogen (secondary N) is 2. The van der Waals surface area contributed by atoms with E-state index in [0.717, 1.165) is 0 Å². The highest BCUT2D eigenvalue weighted by atomic mass is 16.5. The molecular weight excluding hydrogens is 350 g/mol. The average Bonchev–Trinajstić information content (AvgIpc) is 3.22. The third kappa shape index (κ3) is 5.08. The molecule has 8 nitrogen and oxygen atoms in total. The first-order valence-electron chi connectivity index (χ1n) is 8.01. The van der Waals surface area contributed by atoms with Crippen LogP contribution in [-0.2, 0) is 4.79 Å². The van der Waals surface area contributed by atoms with Gasteiger partial charge in [-0.3, -0.25) is 9.59 Å². The summed E-state index contributed by atoms with van der Waals surface area (Å²) < 4.78 is 15.5. The van der Waals surface area contributed by atoms with Crippen LogP contribution < -0.4 is 20.1 Å². The van der Waals surface area contributed by atoms with Crippen LogP contribution in [0.4, 0.5) is 11.4 Å². The van der Waals surface area contributed by atoms with Gasteiger partial charge in [-0.15, -0.1) is 0 Å². The largest absolute Gasteiger partial charge is 0.484 e. The summed E-state index contributed by atoms with van der Waals surface area (Å²) in [6.45, 7) is -0.193.